The third-order valence-corrected chi connectivity index (χ3v) is 1.65. The summed E-state index contributed by atoms with van der Waals surface area (Å²) in [6.07, 6.45) is 0. The molecule has 0 bridgehead atoms. The van der Waals surface area contributed by atoms with Crippen molar-refractivity contribution in [1.82, 2.24) is 4.72 Å². The van der Waals surface area contributed by atoms with Gasteiger partial charge in [-0.2, -0.15) is 0 Å². The van der Waals surface area contributed by atoms with E-state index >= 15 is 0 Å². The predicted octanol–water partition coefficient (Wildman–Crippen LogP) is -1.74. The molecule has 0 spiro atoms. The van der Waals surface area contributed by atoms with Crippen LogP contribution in [0.4, 0.5) is 0 Å². The molecule has 3 unspecified atom stereocenters. The number of nitrogens with two attached hydrogens (primary N) is 1. The number of carbonyl (C=O) groups is 1. The average Bonchev–Trinajstić information content (AvgIpc) is 1.98. The third kappa shape index (κ3) is 3.77. The molecule has 0 amide bonds. The number of rotatable bonds is 4. The minimum absolute atomic E-state index is 0.629. The molecule has 0 rings (SSSR count). The number of carbonyl (C=O) groups excluding carboxylic acids is 1. The quantitative estimate of drug-likeness (QED) is 0.409. The Morgan fingerprint density at radius 1 is 1.75 bits per heavy atom. The summed E-state index contributed by atoms with van der Waals surface area (Å²) in [7, 11) is 1.16. The second-order valence-corrected chi connectivity index (χ2v) is 2.92. The van der Waals surface area contributed by atoms with E-state index in [9.17, 15) is 13.6 Å². The molecule has 0 aromatic carbocycles. The van der Waals surface area contributed by atoms with Crippen molar-refractivity contribution in [2.24, 2.45) is 5.73 Å². The van der Waals surface area contributed by atoms with Gasteiger partial charge in [0.15, 0.2) is 0 Å². The monoisotopic (exact) mass is 195 g/mol. The molecule has 0 aromatic rings. The molecule has 6 nitrogen and oxygen atoms in total. The molecule has 0 radical (unpaired) electrons. The standard InChI is InChI=1S/C5H12N2O4S/c1-3(6)4(5(8)11-2)7-12(9)10/h3-4,7H,6H2,1-2H3,(H,9,10)/p-1. The zero-order chi connectivity index (χ0) is 9.72. The van der Waals surface area contributed by atoms with Crippen molar-refractivity contribution in [1.29, 1.82) is 0 Å². The van der Waals surface area contributed by atoms with Crippen LogP contribution in [-0.2, 0) is 20.8 Å². The summed E-state index contributed by atoms with van der Waals surface area (Å²) in [4.78, 5) is 10.9. The van der Waals surface area contributed by atoms with E-state index < -0.39 is 29.3 Å². The van der Waals surface area contributed by atoms with Gasteiger partial charge in [-0.05, 0) is 6.92 Å². The Kier molecular flexibility index (Phi) is 4.98. The first kappa shape index (κ1) is 11.5. The molecule has 7 heteroatoms. The number of methoxy groups -OCH3 is 1. The lowest BCUT2D eigenvalue weighted by Gasteiger charge is -2.20. The van der Waals surface area contributed by atoms with Crippen LogP contribution in [-0.4, -0.2) is 33.9 Å². The molecule has 0 saturated carbocycles. The summed E-state index contributed by atoms with van der Waals surface area (Å²) in [6.45, 7) is 1.50. The fraction of sp³-hybridized carbons (Fsp3) is 0.800. The van der Waals surface area contributed by atoms with E-state index in [1.54, 1.807) is 0 Å². The molecule has 12 heavy (non-hydrogen) atoms. The van der Waals surface area contributed by atoms with Crippen LogP contribution >= 0.6 is 0 Å². The number of hydrogen-bond donors (Lipinski definition) is 2. The van der Waals surface area contributed by atoms with Crippen LogP contribution in [0.5, 0.6) is 0 Å². The van der Waals surface area contributed by atoms with Crippen molar-refractivity contribution >= 4 is 17.2 Å². The van der Waals surface area contributed by atoms with E-state index in [0.29, 0.717) is 0 Å². The van der Waals surface area contributed by atoms with Crippen molar-refractivity contribution in [3.63, 3.8) is 0 Å². The van der Waals surface area contributed by atoms with Gasteiger partial charge in [0.1, 0.15) is 6.04 Å². The Balaban J connectivity index is 4.23. The van der Waals surface area contributed by atoms with Gasteiger partial charge in [0.2, 0.25) is 0 Å². The highest BCUT2D eigenvalue weighted by molar-refractivity contribution is 7.77. The first-order chi connectivity index (χ1) is 5.49. The van der Waals surface area contributed by atoms with Crippen molar-refractivity contribution in [2.45, 2.75) is 19.0 Å². The average molecular weight is 195 g/mol. The van der Waals surface area contributed by atoms with Crippen LogP contribution in [0.1, 0.15) is 6.92 Å². The van der Waals surface area contributed by atoms with Crippen LogP contribution in [0.15, 0.2) is 0 Å². The van der Waals surface area contributed by atoms with Crippen molar-refractivity contribution in [3.05, 3.63) is 0 Å². The fourth-order valence-corrected chi connectivity index (χ4v) is 1.12. The Bertz CT molecular complexity index is 184. The minimum Gasteiger partial charge on any atom is -0.760 e. The molecule has 72 valence electrons. The molecule has 0 fully saturated rings. The third-order valence-electron chi connectivity index (χ3n) is 1.20. The summed E-state index contributed by atoms with van der Waals surface area (Å²) < 4.78 is 26.6. The lowest BCUT2D eigenvalue weighted by Crippen LogP contribution is -2.49. The Hall–Kier alpha value is -0.500. The fourth-order valence-electron chi connectivity index (χ4n) is 0.601. The van der Waals surface area contributed by atoms with Gasteiger partial charge in [-0.1, -0.05) is 0 Å². The van der Waals surface area contributed by atoms with Crippen LogP contribution in [0.3, 0.4) is 0 Å². The van der Waals surface area contributed by atoms with Crippen molar-refractivity contribution in [3.8, 4) is 0 Å². The maximum Gasteiger partial charge on any atom is 0.325 e. The van der Waals surface area contributed by atoms with Gasteiger partial charge in [-0.25, -0.2) is 4.72 Å². The first-order valence-corrected chi connectivity index (χ1v) is 4.25. The molecule has 3 atom stereocenters. The lowest BCUT2D eigenvalue weighted by atomic mass is 10.2. The highest BCUT2D eigenvalue weighted by Gasteiger charge is 2.22. The number of hydrogen-bond acceptors (Lipinski definition) is 5. The van der Waals surface area contributed by atoms with Crippen LogP contribution < -0.4 is 10.5 Å². The maximum absolute atomic E-state index is 10.9. The molecule has 3 N–H and O–H groups in total. The molecule has 0 aliphatic heterocycles. The molecule has 0 heterocycles. The van der Waals surface area contributed by atoms with Gasteiger partial charge < -0.3 is 15.0 Å². The Labute approximate surface area is 72.9 Å². The number of ether oxygens (including phenoxy) is 1. The Morgan fingerprint density at radius 3 is 2.50 bits per heavy atom. The molecule has 0 aliphatic carbocycles. The first-order valence-electron chi connectivity index (χ1n) is 3.18. The summed E-state index contributed by atoms with van der Waals surface area (Å²) in [5.41, 5.74) is 5.32. The molecular weight excluding hydrogens is 184 g/mol. The largest absolute Gasteiger partial charge is 0.760 e. The van der Waals surface area contributed by atoms with E-state index in [-0.39, 0.29) is 0 Å². The maximum atomic E-state index is 10.9. The summed E-state index contributed by atoms with van der Waals surface area (Å²) in [5, 5.41) is 0. The number of esters is 1. The second kappa shape index (κ2) is 5.20. The second-order valence-electron chi connectivity index (χ2n) is 2.21. The zero-order valence-corrected chi connectivity index (χ0v) is 7.59. The minimum atomic E-state index is -2.52. The van der Waals surface area contributed by atoms with Gasteiger partial charge in [-0.15, -0.1) is 0 Å². The summed E-state index contributed by atoms with van der Waals surface area (Å²) >= 11 is -2.52. The van der Waals surface area contributed by atoms with Crippen LogP contribution in [0.2, 0.25) is 0 Å². The molecule has 0 aliphatic rings. The zero-order valence-electron chi connectivity index (χ0n) is 6.77. The lowest BCUT2D eigenvalue weighted by molar-refractivity contribution is -0.143. The molecule has 0 saturated heterocycles. The highest BCUT2D eigenvalue weighted by Crippen LogP contribution is 1.93. The van der Waals surface area contributed by atoms with E-state index in [2.05, 4.69) is 4.74 Å². The van der Waals surface area contributed by atoms with E-state index in [1.165, 1.54) is 6.92 Å². The number of nitrogens with one attached hydrogen (secondary N) is 1. The summed E-state index contributed by atoms with van der Waals surface area (Å²) in [6, 6.07) is -1.65. The normalized spacial score (nSPS) is 18.0. The van der Waals surface area contributed by atoms with Crippen LogP contribution in [0.25, 0.3) is 0 Å². The van der Waals surface area contributed by atoms with E-state index in [4.69, 9.17) is 5.73 Å². The predicted molar refractivity (Wildman–Crippen MR) is 41.5 cm³/mol. The highest BCUT2D eigenvalue weighted by atomic mass is 32.2. The Morgan fingerprint density at radius 2 is 2.25 bits per heavy atom. The summed E-state index contributed by atoms with van der Waals surface area (Å²) in [5.74, 6) is -0.700. The topological polar surface area (TPSA) is 104 Å². The van der Waals surface area contributed by atoms with Gasteiger partial charge >= 0.3 is 5.97 Å². The van der Waals surface area contributed by atoms with Gasteiger partial charge in [0.05, 0.1) is 7.11 Å². The van der Waals surface area contributed by atoms with Gasteiger partial charge in [-0.3, -0.25) is 9.00 Å². The van der Waals surface area contributed by atoms with Crippen LogP contribution in [0, 0.1) is 0 Å². The van der Waals surface area contributed by atoms with Gasteiger partial charge in [0.25, 0.3) is 0 Å². The van der Waals surface area contributed by atoms with E-state index in [0.717, 1.165) is 7.11 Å². The molecular formula is C5H11N2O4S-. The molecule has 0 aromatic heterocycles. The van der Waals surface area contributed by atoms with Crippen molar-refractivity contribution < 1.29 is 18.3 Å². The van der Waals surface area contributed by atoms with Gasteiger partial charge in [0, 0.05) is 17.3 Å². The smallest absolute Gasteiger partial charge is 0.325 e. The SMILES string of the molecule is COC(=O)C(NS(=O)[O-])C(C)N. The van der Waals surface area contributed by atoms with E-state index in [1.807, 2.05) is 4.72 Å². The van der Waals surface area contributed by atoms with Crippen molar-refractivity contribution in [2.75, 3.05) is 7.11 Å².